The van der Waals surface area contributed by atoms with Crippen LogP contribution in [0.5, 0.6) is 5.75 Å². The Labute approximate surface area is 127 Å². The molecule has 0 bridgehead atoms. The van der Waals surface area contributed by atoms with Crippen LogP contribution in [-0.2, 0) is 0 Å². The zero-order valence-electron chi connectivity index (χ0n) is 12.8. The average molecular weight is 300 g/mol. The van der Waals surface area contributed by atoms with Crippen molar-refractivity contribution in [2.24, 2.45) is 5.92 Å². The Morgan fingerprint density at radius 2 is 2.05 bits per heavy atom. The van der Waals surface area contributed by atoms with Crippen LogP contribution in [0.3, 0.4) is 0 Å². The molecule has 2 atom stereocenters. The number of aryl methyl sites for hydroxylation is 1. The lowest BCUT2D eigenvalue weighted by molar-refractivity contribution is 0.101. The molecule has 0 spiro atoms. The fourth-order valence-electron chi connectivity index (χ4n) is 2.10. The van der Waals surface area contributed by atoms with Gasteiger partial charge in [-0.05, 0) is 43.0 Å². The summed E-state index contributed by atoms with van der Waals surface area (Å²) in [6.07, 6.45) is 0.542. The van der Waals surface area contributed by atoms with Gasteiger partial charge in [0.2, 0.25) is 0 Å². The third-order valence-corrected chi connectivity index (χ3v) is 3.86. The van der Waals surface area contributed by atoms with Crippen LogP contribution in [0.2, 0.25) is 5.02 Å². The van der Waals surface area contributed by atoms with Gasteiger partial charge in [-0.3, -0.25) is 0 Å². The van der Waals surface area contributed by atoms with E-state index >= 15 is 0 Å². The fraction of sp³-hybridized carbons (Fsp3) is 0.625. The highest BCUT2D eigenvalue weighted by molar-refractivity contribution is 6.31. The van der Waals surface area contributed by atoms with E-state index in [1.165, 1.54) is 0 Å². The second-order valence-corrected chi connectivity index (χ2v) is 5.95. The summed E-state index contributed by atoms with van der Waals surface area (Å²) in [4.78, 5) is 0. The number of aliphatic hydroxyl groups excluding tert-OH is 1. The minimum atomic E-state index is -0.515. The van der Waals surface area contributed by atoms with Crippen molar-refractivity contribution in [3.05, 3.63) is 28.8 Å². The molecule has 0 saturated heterocycles. The van der Waals surface area contributed by atoms with Crippen LogP contribution in [0.1, 0.15) is 32.8 Å². The second kappa shape index (κ2) is 8.50. The Hall–Kier alpha value is -0.770. The number of hydrogen-bond donors (Lipinski definition) is 2. The quantitative estimate of drug-likeness (QED) is 0.773. The average Bonchev–Trinajstić information content (AvgIpc) is 2.40. The SMILES string of the molecule is CCC(NCC(O)COc1ccc(Cl)c(C)c1)C(C)C. The number of halogens is 1. The van der Waals surface area contributed by atoms with E-state index in [-0.39, 0.29) is 6.61 Å². The van der Waals surface area contributed by atoms with Gasteiger partial charge in [-0.15, -0.1) is 0 Å². The summed E-state index contributed by atoms with van der Waals surface area (Å²) in [7, 11) is 0. The van der Waals surface area contributed by atoms with Crippen molar-refractivity contribution in [2.75, 3.05) is 13.2 Å². The zero-order valence-corrected chi connectivity index (χ0v) is 13.6. The molecule has 1 aromatic carbocycles. The molecule has 3 nitrogen and oxygen atoms in total. The van der Waals surface area contributed by atoms with Gasteiger partial charge in [0.1, 0.15) is 18.5 Å². The molecule has 0 aromatic heterocycles. The first-order valence-corrected chi connectivity index (χ1v) is 7.62. The monoisotopic (exact) mass is 299 g/mol. The van der Waals surface area contributed by atoms with Crippen LogP contribution in [0.4, 0.5) is 0 Å². The molecular formula is C16H26ClNO2. The number of rotatable bonds is 8. The van der Waals surface area contributed by atoms with Gasteiger partial charge in [0.05, 0.1) is 0 Å². The van der Waals surface area contributed by atoms with Gasteiger partial charge in [0.15, 0.2) is 0 Å². The zero-order chi connectivity index (χ0) is 15.1. The topological polar surface area (TPSA) is 41.5 Å². The van der Waals surface area contributed by atoms with Gasteiger partial charge >= 0.3 is 0 Å². The lowest BCUT2D eigenvalue weighted by Crippen LogP contribution is -2.40. The maximum atomic E-state index is 9.95. The Morgan fingerprint density at radius 3 is 2.60 bits per heavy atom. The molecule has 4 heteroatoms. The molecule has 0 radical (unpaired) electrons. The first-order chi connectivity index (χ1) is 9.43. The molecule has 1 rings (SSSR count). The van der Waals surface area contributed by atoms with Crippen molar-refractivity contribution in [3.8, 4) is 5.75 Å². The lowest BCUT2D eigenvalue weighted by atomic mass is 10.0. The Balaban J connectivity index is 2.35. The summed E-state index contributed by atoms with van der Waals surface area (Å²) in [5, 5.41) is 14.0. The van der Waals surface area contributed by atoms with Crippen LogP contribution < -0.4 is 10.1 Å². The fourth-order valence-corrected chi connectivity index (χ4v) is 2.21. The summed E-state index contributed by atoms with van der Waals surface area (Å²) >= 11 is 5.96. The summed E-state index contributed by atoms with van der Waals surface area (Å²) in [6.45, 7) is 9.27. The highest BCUT2D eigenvalue weighted by Crippen LogP contribution is 2.21. The van der Waals surface area contributed by atoms with Gasteiger partial charge in [-0.2, -0.15) is 0 Å². The van der Waals surface area contributed by atoms with Crippen molar-refractivity contribution in [3.63, 3.8) is 0 Å². The minimum absolute atomic E-state index is 0.280. The van der Waals surface area contributed by atoms with Crippen molar-refractivity contribution in [2.45, 2.75) is 46.3 Å². The Bertz CT molecular complexity index is 409. The molecule has 0 aliphatic rings. The van der Waals surface area contributed by atoms with E-state index in [1.807, 2.05) is 25.1 Å². The molecule has 2 N–H and O–H groups in total. The summed E-state index contributed by atoms with van der Waals surface area (Å²) in [5.41, 5.74) is 0.975. The highest BCUT2D eigenvalue weighted by Gasteiger charge is 2.13. The third kappa shape index (κ3) is 5.70. The Kier molecular flexibility index (Phi) is 7.35. The molecule has 1 aromatic rings. The van der Waals surface area contributed by atoms with E-state index in [9.17, 15) is 5.11 Å². The third-order valence-electron chi connectivity index (χ3n) is 3.43. The van der Waals surface area contributed by atoms with E-state index in [4.69, 9.17) is 16.3 Å². The lowest BCUT2D eigenvalue weighted by Gasteiger charge is -2.22. The number of hydrogen-bond acceptors (Lipinski definition) is 3. The van der Waals surface area contributed by atoms with E-state index in [1.54, 1.807) is 0 Å². The van der Waals surface area contributed by atoms with Crippen molar-refractivity contribution >= 4 is 11.6 Å². The normalized spacial score (nSPS) is 14.3. The molecular weight excluding hydrogens is 274 g/mol. The molecule has 0 aliphatic carbocycles. The van der Waals surface area contributed by atoms with Crippen LogP contribution >= 0.6 is 11.6 Å². The van der Waals surface area contributed by atoms with Crippen LogP contribution in [0.15, 0.2) is 18.2 Å². The van der Waals surface area contributed by atoms with Crippen molar-refractivity contribution in [1.29, 1.82) is 0 Å². The molecule has 0 amide bonds. The first kappa shape index (κ1) is 17.3. The molecule has 0 aliphatic heterocycles. The van der Waals surface area contributed by atoms with Crippen LogP contribution in [-0.4, -0.2) is 30.4 Å². The van der Waals surface area contributed by atoms with Gasteiger partial charge < -0.3 is 15.2 Å². The highest BCUT2D eigenvalue weighted by atomic mass is 35.5. The van der Waals surface area contributed by atoms with E-state index in [2.05, 4.69) is 26.1 Å². The van der Waals surface area contributed by atoms with E-state index in [0.29, 0.717) is 18.5 Å². The van der Waals surface area contributed by atoms with Crippen LogP contribution in [0, 0.1) is 12.8 Å². The largest absolute Gasteiger partial charge is 0.491 e. The first-order valence-electron chi connectivity index (χ1n) is 7.24. The van der Waals surface area contributed by atoms with Crippen LogP contribution in [0.25, 0.3) is 0 Å². The summed E-state index contributed by atoms with van der Waals surface area (Å²) in [6, 6.07) is 5.94. The molecule has 2 unspecified atom stereocenters. The van der Waals surface area contributed by atoms with Gasteiger partial charge in [-0.25, -0.2) is 0 Å². The molecule has 0 heterocycles. The predicted molar refractivity (Wildman–Crippen MR) is 84.6 cm³/mol. The minimum Gasteiger partial charge on any atom is -0.491 e. The standard InChI is InChI=1S/C16H26ClNO2/c1-5-16(11(2)3)18-9-13(19)10-20-14-6-7-15(17)12(4)8-14/h6-8,11,13,16,18-19H,5,9-10H2,1-4H3. The van der Waals surface area contributed by atoms with E-state index < -0.39 is 6.10 Å². The van der Waals surface area contributed by atoms with Gasteiger partial charge in [0, 0.05) is 17.6 Å². The summed E-state index contributed by atoms with van der Waals surface area (Å²) < 4.78 is 5.58. The van der Waals surface area contributed by atoms with Crippen molar-refractivity contribution in [1.82, 2.24) is 5.32 Å². The number of ether oxygens (including phenoxy) is 1. The predicted octanol–water partition coefficient (Wildman–Crippen LogP) is 3.41. The van der Waals surface area contributed by atoms with E-state index in [0.717, 1.165) is 22.8 Å². The smallest absolute Gasteiger partial charge is 0.119 e. The maximum Gasteiger partial charge on any atom is 0.119 e. The van der Waals surface area contributed by atoms with Gasteiger partial charge in [0.25, 0.3) is 0 Å². The van der Waals surface area contributed by atoms with Crippen molar-refractivity contribution < 1.29 is 9.84 Å². The number of aliphatic hydroxyl groups is 1. The molecule has 0 fully saturated rings. The molecule has 114 valence electrons. The Morgan fingerprint density at radius 1 is 1.35 bits per heavy atom. The maximum absolute atomic E-state index is 9.95. The molecule has 0 saturated carbocycles. The van der Waals surface area contributed by atoms with Gasteiger partial charge in [-0.1, -0.05) is 32.4 Å². The molecule has 20 heavy (non-hydrogen) atoms. The second-order valence-electron chi connectivity index (χ2n) is 5.54. The summed E-state index contributed by atoms with van der Waals surface area (Å²) in [5.74, 6) is 1.30. The number of benzene rings is 1. The number of nitrogens with one attached hydrogen (secondary N) is 1.